The average Bonchev–Trinajstić information content (AvgIpc) is 3.44. The number of furan rings is 1. The molecule has 148 valence electrons. The van der Waals surface area contributed by atoms with E-state index < -0.39 is 0 Å². The number of fused-ring (bicyclic) bond motifs is 1. The van der Waals surface area contributed by atoms with E-state index in [9.17, 15) is 14.0 Å². The Hall–Kier alpha value is -3.46. The molecule has 7 nitrogen and oxygen atoms in total. The number of carbonyl (C=O) groups excluding carboxylic acids is 2. The van der Waals surface area contributed by atoms with Crippen molar-refractivity contribution in [3.63, 3.8) is 0 Å². The van der Waals surface area contributed by atoms with E-state index >= 15 is 0 Å². The summed E-state index contributed by atoms with van der Waals surface area (Å²) < 4.78 is 20.0. The highest BCUT2D eigenvalue weighted by atomic mass is 32.1. The van der Waals surface area contributed by atoms with Crippen LogP contribution in [0.3, 0.4) is 0 Å². The van der Waals surface area contributed by atoms with Crippen molar-refractivity contribution in [2.75, 3.05) is 6.54 Å². The molecule has 0 aliphatic carbocycles. The van der Waals surface area contributed by atoms with E-state index in [4.69, 9.17) is 4.42 Å². The van der Waals surface area contributed by atoms with E-state index in [-0.39, 0.29) is 30.7 Å². The molecule has 0 saturated heterocycles. The van der Waals surface area contributed by atoms with Gasteiger partial charge in [-0.15, -0.1) is 11.3 Å². The normalized spacial score (nSPS) is 11.0. The van der Waals surface area contributed by atoms with E-state index in [1.165, 1.54) is 29.7 Å². The molecule has 0 bridgehead atoms. The molecule has 0 saturated carbocycles. The molecule has 0 fully saturated rings. The molecule has 29 heavy (non-hydrogen) atoms. The van der Waals surface area contributed by atoms with Gasteiger partial charge >= 0.3 is 0 Å². The number of halogens is 1. The summed E-state index contributed by atoms with van der Waals surface area (Å²) in [7, 11) is 0. The highest BCUT2D eigenvalue weighted by Crippen LogP contribution is 2.30. The lowest BCUT2D eigenvalue weighted by Crippen LogP contribution is -2.36. The average molecular weight is 412 g/mol. The highest BCUT2D eigenvalue weighted by molar-refractivity contribution is 7.20. The molecule has 0 atom stereocenters. The molecule has 2 N–H and O–H groups in total. The topological polar surface area (TPSA) is 89.2 Å². The van der Waals surface area contributed by atoms with Crippen LogP contribution in [0.15, 0.2) is 53.1 Å². The summed E-state index contributed by atoms with van der Waals surface area (Å²) >= 11 is 1.26. The van der Waals surface area contributed by atoms with Crippen LogP contribution in [0.4, 0.5) is 4.39 Å². The van der Waals surface area contributed by atoms with Crippen molar-refractivity contribution in [2.24, 2.45) is 0 Å². The van der Waals surface area contributed by atoms with Crippen LogP contribution < -0.4 is 10.6 Å². The van der Waals surface area contributed by atoms with Crippen LogP contribution in [0.2, 0.25) is 0 Å². The summed E-state index contributed by atoms with van der Waals surface area (Å²) in [5.74, 6) is -0.352. The molecule has 0 aliphatic rings. The van der Waals surface area contributed by atoms with E-state index in [0.717, 1.165) is 15.9 Å². The molecule has 9 heteroatoms. The number of amides is 2. The Kier molecular flexibility index (Phi) is 5.13. The van der Waals surface area contributed by atoms with Crippen molar-refractivity contribution in [1.29, 1.82) is 0 Å². The summed E-state index contributed by atoms with van der Waals surface area (Å²) in [4.78, 5) is 25.6. The van der Waals surface area contributed by atoms with Crippen molar-refractivity contribution in [3.05, 3.63) is 70.9 Å². The van der Waals surface area contributed by atoms with Gasteiger partial charge in [0.2, 0.25) is 5.91 Å². The number of aryl methyl sites for hydroxylation is 1. The summed E-state index contributed by atoms with van der Waals surface area (Å²) in [6.45, 7) is 1.97. The zero-order chi connectivity index (χ0) is 20.4. The van der Waals surface area contributed by atoms with Gasteiger partial charge < -0.3 is 15.1 Å². The number of aromatic nitrogens is 2. The predicted molar refractivity (Wildman–Crippen MR) is 107 cm³/mol. The smallest absolute Gasteiger partial charge is 0.261 e. The minimum absolute atomic E-state index is 0.142. The summed E-state index contributed by atoms with van der Waals surface area (Å²) in [5.41, 5.74) is 1.46. The molecule has 3 aromatic heterocycles. The molecule has 2 amide bonds. The van der Waals surface area contributed by atoms with Crippen molar-refractivity contribution in [1.82, 2.24) is 20.4 Å². The lowest BCUT2D eigenvalue weighted by Gasteiger charge is -2.05. The van der Waals surface area contributed by atoms with Crippen molar-refractivity contribution in [2.45, 2.75) is 13.5 Å². The number of thiophene rings is 1. The van der Waals surface area contributed by atoms with Gasteiger partial charge in [-0.05, 0) is 49.4 Å². The minimum Gasteiger partial charge on any atom is -0.467 e. The molecule has 3 heterocycles. The fourth-order valence-electron chi connectivity index (χ4n) is 2.83. The molecule has 1 aromatic carbocycles. The van der Waals surface area contributed by atoms with Crippen molar-refractivity contribution in [3.8, 4) is 5.69 Å². The van der Waals surface area contributed by atoms with Crippen LogP contribution in [0, 0.1) is 12.7 Å². The fraction of sp³-hybridized carbons (Fsp3) is 0.150. The van der Waals surface area contributed by atoms with Crippen molar-refractivity contribution >= 4 is 33.4 Å². The maximum absolute atomic E-state index is 13.2. The molecule has 0 aliphatic heterocycles. The first-order chi connectivity index (χ1) is 14.0. The van der Waals surface area contributed by atoms with Crippen LogP contribution in [-0.4, -0.2) is 28.1 Å². The quantitative estimate of drug-likeness (QED) is 0.509. The Bertz CT molecular complexity index is 1160. The second-order valence-corrected chi connectivity index (χ2v) is 7.37. The Morgan fingerprint density at radius 2 is 2.00 bits per heavy atom. The third-order valence-corrected chi connectivity index (χ3v) is 5.40. The van der Waals surface area contributed by atoms with Crippen LogP contribution in [0.5, 0.6) is 0 Å². The maximum Gasteiger partial charge on any atom is 0.261 e. The second-order valence-electron chi connectivity index (χ2n) is 6.34. The molecule has 4 rings (SSSR count). The number of rotatable bonds is 6. The molecular formula is C20H17FN4O3S. The standard InChI is InChI=1S/C20H17FN4O3S/c1-12-16-9-17(19(27)23-11-18(26)22-10-15-3-2-8-28-15)29-20(16)25(24-12)14-6-4-13(21)5-7-14/h2-9H,10-11H2,1H3,(H,22,26)(H,23,27). The first kappa shape index (κ1) is 18.9. The fourth-order valence-corrected chi connectivity index (χ4v) is 3.92. The first-order valence-corrected chi connectivity index (χ1v) is 9.65. The lowest BCUT2D eigenvalue weighted by atomic mass is 10.3. The number of hydrogen-bond acceptors (Lipinski definition) is 5. The summed E-state index contributed by atoms with van der Waals surface area (Å²) in [5, 5.41) is 10.6. The monoisotopic (exact) mass is 412 g/mol. The lowest BCUT2D eigenvalue weighted by molar-refractivity contribution is -0.120. The third kappa shape index (κ3) is 4.04. The predicted octanol–water partition coefficient (Wildman–Crippen LogP) is 3.17. The van der Waals surface area contributed by atoms with Crippen LogP contribution in [0.1, 0.15) is 21.1 Å². The number of nitrogens with zero attached hydrogens (tertiary/aromatic N) is 2. The van der Waals surface area contributed by atoms with Gasteiger partial charge in [0.1, 0.15) is 16.4 Å². The van der Waals surface area contributed by atoms with Gasteiger partial charge in [-0.2, -0.15) is 5.10 Å². The van der Waals surface area contributed by atoms with Gasteiger partial charge in [-0.25, -0.2) is 9.07 Å². The number of carbonyl (C=O) groups is 2. The maximum atomic E-state index is 13.2. The van der Waals surface area contributed by atoms with E-state index in [1.807, 2.05) is 6.92 Å². The van der Waals surface area contributed by atoms with Crippen LogP contribution >= 0.6 is 11.3 Å². The van der Waals surface area contributed by atoms with Crippen molar-refractivity contribution < 1.29 is 18.4 Å². The Balaban J connectivity index is 1.45. The zero-order valence-corrected chi connectivity index (χ0v) is 16.3. The van der Waals surface area contributed by atoms with Gasteiger partial charge in [-0.3, -0.25) is 9.59 Å². The zero-order valence-electron chi connectivity index (χ0n) is 15.4. The summed E-state index contributed by atoms with van der Waals surface area (Å²) in [6, 6.07) is 11.2. The van der Waals surface area contributed by atoms with E-state index in [2.05, 4.69) is 15.7 Å². The van der Waals surface area contributed by atoms with E-state index in [1.54, 1.807) is 35.0 Å². The third-order valence-electron chi connectivity index (χ3n) is 4.29. The van der Waals surface area contributed by atoms with Gasteiger partial charge in [0.05, 0.1) is 35.6 Å². The van der Waals surface area contributed by atoms with Gasteiger partial charge in [-0.1, -0.05) is 0 Å². The number of hydrogen-bond donors (Lipinski definition) is 2. The van der Waals surface area contributed by atoms with Gasteiger partial charge in [0, 0.05) is 5.39 Å². The van der Waals surface area contributed by atoms with Crippen LogP contribution in [0.25, 0.3) is 15.9 Å². The minimum atomic E-state index is -0.343. The van der Waals surface area contributed by atoms with Crippen LogP contribution in [-0.2, 0) is 11.3 Å². The van der Waals surface area contributed by atoms with E-state index in [0.29, 0.717) is 16.3 Å². The molecular weight excluding hydrogens is 395 g/mol. The molecule has 0 unspecified atom stereocenters. The Labute approximate surface area is 169 Å². The molecule has 0 spiro atoms. The van der Waals surface area contributed by atoms with Gasteiger partial charge in [0.15, 0.2) is 0 Å². The largest absolute Gasteiger partial charge is 0.467 e. The SMILES string of the molecule is Cc1nn(-c2ccc(F)cc2)c2sc(C(=O)NCC(=O)NCc3ccco3)cc12. The second kappa shape index (κ2) is 7.88. The Morgan fingerprint density at radius 3 is 2.72 bits per heavy atom. The first-order valence-electron chi connectivity index (χ1n) is 8.83. The highest BCUT2D eigenvalue weighted by Gasteiger charge is 2.17. The number of nitrogens with one attached hydrogen (secondary N) is 2. The molecule has 4 aromatic rings. The van der Waals surface area contributed by atoms with Gasteiger partial charge in [0.25, 0.3) is 5.91 Å². The Morgan fingerprint density at radius 1 is 1.21 bits per heavy atom. The molecule has 0 radical (unpaired) electrons. The summed E-state index contributed by atoms with van der Waals surface area (Å²) in [6.07, 6.45) is 1.53. The number of benzene rings is 1.